The lowest BCUT2D eigenvalue weighted by molar-refractivity contribution is -0.129. The summed E-state index contributed by atoms with van der Waals surface area (Å²) in [5, 5.41) is 3.91. The molecule has 0 saturated carbocycles. The number of fused-ring (bicyclic) bond motifs is 1. The number of nitrogens with zero attached hydrogens (tertiary/aromatic N) is 2. The van der Waals surface area contributed by atoms with Gasteiger partial charge >= 0.3 is 0 Å². The average Bonchev–Trinajstić information content (AvgIpc) is 2.41. The minimum Gasteiger partial charge on any atom is -0.346 e. The van der Waals surface area contributed by atoms with E-state index in [1.807, 2.05) is 27.7 Å². The van der Waals surface area contributed by atoms with Crippen molar-refractivity contribution < 1.29 is 4.79 Å². The van der Waals surface area contributed by atoms with Gasteiger partial charge in [-0.05, 0) is 25.1 Å². The summed E-state index contributed by atoms with van der Waals surface area (Å²) in [6, 6.07) is 4.60. The molecule has 0 aliphatic heterocycles. The van der Waals surface area contributed by atoms with Gasteiger partial charge in [0.2, 0.25) is 5.91 Å². The zero-order valence-corrected chi connectivity index (χ0v) is 14.2. The molecule has 1 heterocycles. The van der Waals surface area contributed by atoms with Crippen molar-refractivity contribution in [2.75, 3.05) is 0 Å². The molecule has 1 aromatic carbocycles. The van der Waals surface area contributed by atoms with Crippen LogP contribution in [0.4, 0.5) is 0 Å². The van der Waals surface area contributed by atoms with Gasteiger partial charge in [-0.2, -0.15) is 0 Å². The molecule has 1 amide bonds. The second-order valence-corrected chi connectivity index (χ2v) is 6.88. The standard InChI is InChI=1S/C16H20ClN3O2/c1-9(18-15(22)16(2,3)4)13-19-12-8-10(17)6-7-11(12)14(21)20(13)5/h6-9H,1-5H3,(H,18,22). The molecule has 0 fully saturated rings. The molecule has 1 atom stereocenters. The van der Waals surface area contributed by atoms with E-state index in [1.165, 1.54) is 4.57 Å². The minimum atomic E-state index is -0.507. The highest BCUT2D eigenvalue weighted by atomic mass is 35.5. The van der Waals surface area contributed by atoms with Crippen LogP contribution in [-0.2, 0) is 11.8 Å². The van der Waals surface area contributed by atoms with Crippen molar-refractivity contribution in [2.45, 2.75) is 33.7 Å². The van der Waals surface area contributed by atoms with E-state index in [2.05, 4.69) is 10.3 Å². The van der Waals surface area contributed by atoms with Gasteiger partial charge in [-0.15, -0.1) is 0 Å². The zero-order chi connectivity index (χ0) is 16.7. The number of carbonyl (C=O) groups is 1. The van der Waals surface area contributed by atoms with Crippen molar-refractivity contribution >= 4 is 28.4 Å². The summed E-state index contributed by atoms with van der Waals surface area (Å²) >= 11 is 5.97. The number of hydrogen-bond donors (Lipinski definition) is 1. The maximum absolute atomic E-state index is 12.4. The summed E-state index contributed by atoms with van der Waals surface area (Å²) < 4.78 is 1.46. The first-order valence-corrected chi connectivity index (χ1v) is 7.46. The van der Waals surface area contributed by atoms with Crippen molar-refractivity contribution in [2.24, 2.45) is 12.5 Å². The summed E-state index contributed by atoms with van der Waals surface area (Å²) in [6.07, 6.45) is 0. The number of benzene rings is 1. The summed E-state index contributed by atoms with van der Waals surface area (Å²) in [7, 11) is 1.65. The fraction of sp³-hybridized carbons (Fsp3) is 0.438. The van der Waals surface area contributed by atoms with Gasteiger partial charge in [0.1, 0.15) is 5.82 Å². The molecule has 0 radical (unpaired) electrons. The number of nitrogens with one attached hydrogen (secondary N) is 1. The van der Waals surface area contributed by atoms with Gasteiger partial charge in [-0.25, -0.2) is 4.98 Å². The summed E-state index contributed by atoms with van der Waals surface area (Å²) in [6.45, 7) is 7.31. The summed E-state index contributed by atoms with van der Waals surface area (Å²) in [5.41, 5.74) is -0.135. The van der Waals surface area contributed by atoms with E-state index in [9.17, 15) is 9.59 Å². The van der Waals surface area contributed by atoms with E-state index in [0.29, 0.717) is 21.7 Å². The van der Waals surface area contributed by atoms with E-state index in [0.717, 1.165) is 0 Å². The maximum Gasteiger partial charge on any atom is 0.261 e. The molecule has 2 rings (SSSR count). The quantitative estimate of drug-likeness (QED) is 0.925. The molecule has 0 spiro atoms. The first-order chi connectivity index (χ1) is 10.1. The van der Waals surface area contributed by atoms with Crippen LogP contribution in [-0.4, -0.2) is 15.5 Å². The number of amides is 1. The van der Waals surface area contributed by atoms with Crippen LogP contribution in [0.3, 0.4) is 0 Å². The zero-order valence-electron chi connectivity index (χ0n) is 13.4. The molecule has 22 heavy (non-hydrogen) atoms. The topological polar surface area (TPSA) is 64.0 Å². The molecule has 0 saturated heterocycles. The molecule has 1 aromatic heterocycles. The summed E-state index contributed by atoms with van der Waals surface area (Å²) in [5.74, 6) is 0.401. The van der Waals surface area contributed by atoms with Crippen LogP contribution in [0, 0.1) is 5.41 Å². The van der Waals surface area contributed by atoms with E-state index >= 15 is 0 Å². The van der Waals surface area contributed by atoms with Crippen LogP contribution in [0.15, 0.2) is 23.0 Å². The van der Waals surface area contributed by atoms with Gasteiger partial charge < -0.3 is 5.32 Å². The SMILES string of the molecule is CC(NC(=O)C(C)(C)C)c1nc2cc(Cl)ccc2c(=O)n1C. The van der Waals surface area contributed by atoms with Crippen LogP contribution in [0.25, 0.3) is 10.9 Å². The Morgan fingerprint density at radius 1 is 1.36 bits per heavy atom. The van der Waals surface area contributed by atoms with E-state index < -0.39 is 5.41 Å². The Morgan fingerprint density at radius 2 is 2.00 bits per heavy atom. The highest BCUT2D eigenvalue weighted by Gasteiger charge is 2.24. The van der Waals surface area contributed by atoms with Crippen molar-refractivity contribution in [3.8, 4) is 0 Å². The van der Waals surface area contributed by atoms with Gasteiger partial charge in [0.25, 0.3) is 5.56 Å². The largest absolute Gasteiger partial charge is 0.346 e. The van der Waals surface area contributed by atoms with Gasteiger partial charge in [0.15, 0.2) is 0 Å². The molecular weight excluding hydrogens is 302 g/mol. The number of rotatable bonds is 2. The third-order valence-electron chi connectivity index (χ3n) is 3.49. The van der Waals surface area contributed by atoms with E-state index in [-0.39, 0.29) is 17.5 Å². The normalized spacial score (nSPS) is 13.2. The highest BCUT2D eigenvalue weighted by Crippen LogP contribution is 2.19. The fourth-order valence-corrected chi connectivity index (χ4v) is 2.29. The Bertz CT molecular complexity index is 790. The first kappa shape index (κ1) is 16.5. The van der Waals surface area contributed by atoms with Crippen molar-refractivity contribution in [1.29, 1.82) is 0 Å². The number of aromatic nitrogens is 2. The molecular formula is C16H20ClN3O2. The summed E-state index contributed by atoms with van der Waals surface area (Å²) in [4.78, 5) is 29.0. The van der Waals surface area contributed by atoms with Crippen LogP contribution in [0.5, 0.6) is 0 Å². The Labute approximate surface area is 134 Å². The maximum atomic E-state index is 12.4. The second-order valence-electron chi connectivity index (χ2n) is 6.44. The molecule has 2 aromatic rings. The van der Waals surface area contributed by atoms with Crippen molar-refractivity contribution in [3.63, 3.8) is 0 Å². The van der Waals surface area contributed by atoms with Gasteiger partial charge in [0, 0.05) is 17.5 Å². The predicted molar refractivity (Wildman–Crippen MR) is 88.0 cm³/mol. The van der Waals surface area contributed by atoms with Crippen LogP contribution in [0.2, 0.25) is 5.02 Å². The number of carbonyl (C=O) groups excluding carboxylic acids is 1. The molecule has 6 heteroatoms. The average molecular weight is 322 g/mol. The van der Waals surface area contributed by atoms with E-state index in [1.54, 1.807) is 25.2 Å². The van der Waals surface area contributed by atoms with E-state index in [4.69, 9.17) is 11.6 Å². The highest BCUT2D eigenvalue weighted by molar-refractivity contribution is 6.31. The smallest absolute Gasteiger partial charge is 0.261 e. The second kappa shape index (κ2) is 5.72. The third-order valence-corrected chi connectivity index (χ3v) is 3.72. The van der Waals surface area contributed by atoms with Crippen molar-refractivity contribution in [1.82, 2.24) is 14.9 Å². The third kappa shape index (κ3) is 3.14. The lowest BCUT2D eigenvalue weighted by atomic mass is 9.95. The molecule has 1 N–H and O–H groups in total. The van der Waals surface area contributed by atoms with Gasteiger partial charge in [-0.3, -0.25) is 14.2 Å². The van der Waals surface area contributed by atoms with Crippen LogP contribution in [0.1, 0.15) is 39.6 Å². The minimum absolute atomic E-state index is 0.0968. The Kier molecular flexibility index (Phi) is 4.29. The fourth-order valence-electron chi connectivity index (χ4n) is 2.13. The lowest BCUT2D eigenvalue weighted by Crippen LogP contribution is -2.38. The molecule has 5 nitrogen and oxygen atoms in total. The molecule has 0 aliphatic carbocycles. The first-order valence-electron chi connectivity index (χ1n) is 7.08. The van der Waals surface area contributed by atoms with Crippen LogP contribution >= 0.6 is 11.6 Å². The Balaban J connectivity index is 2.49. The molecule has 0 bridgehead atoms. The Morgan fingerprint density at radius 3 is 2.59 bits per heavy atom. The monoisotopic (exact) mass is 321 g/mol. The molecule has 118 valence electrons. The number of hydrogen-bond acceptors (Lipinski definition) is 3. The molecule has 1 unspecified atom stereocenters. The predicted octanol–water partition coefficient (Wildman–Crippen LogP) is 2.81. The molecule has 0 aliphatic rings. The lowest BCUT2D eigenvalue weighted by Gasteiger charge is -2.22. The van der Waals surface area contributed by atoms with Gasteiger partial charge in [-0.1, -0.05) is 32.4 Å². The van der Waals surface area contributed by atoms with Crippen molar-refractivity contribution in [3.05, 3.63) is 39.4 Å². The Hall–Kier alpha value is -1.88. The van der Waals surface area contributed by atoms with Gasteiger partial charge in [0.05, 0.1) is 16.9 Å². The number of halogens is 1. The van der Waals surface area contributed by atoms with Crippen LogP contribution < -0.4 is 10.9 Å².